The minimum atomic E-state index is 0.471. The summed E-state index contributed by atoms with van der Waals surface area (Å²) in [6.45, 7) is 12.9. The summed E-state index contributed by atoms with van der Waals surface area (Å²) >= 11 is 0. The van der Waals surface area contributed by atoms with E-state index in [2.05, 4.69) is 42.4 Å². The third-order valence-electron chi connectivity index (χ3n) is 4.68. The fourth-order valence-electron chi connectivity index (χ4n) is 3.38. The predicted molar refractivity (Wildman–Crippen MR) is 79.1 cm³/mol. The smallest absolute Gasteiger partial charge is 0.0644 e. The Balaban J connectivity index is 2.12. The molecule has 0 saturated carbocycles. The van der Waals surface area contributed by atoms with E-state index in [1.807, 2.05) is 0 Å². The second-order valence-corrected chi connectivity index (χ2v) is 5.79. The van der Waals surface area contributed by atoms with Gasteiger partial charge in [0.2, 0.25) is 0 Å². The molecule has 0 bridgehead atoms. The Kier molecular flexibility index (Phi) is 4.63. The maximum Gasteiger partial charge on any atom is 0.0644 e. The van der Waals surface area contributed by atoms with Crippen molar-refractivity contribution in [1.29, 1.82) is 0 Å². The van der Waals surface area contributed by atoms with E-state index >= 15 is 0 Å². The number of hydrogen-bond donors (Lipinski definition) is 1. The van der Waals surface area contributed by atoms with Gasteiger partial charge < -0.3 is 5.73 Å². The zero-order valence-electron chi connectivity index (χ0n) is 12.8. The van der Waals surface area contributed by atoms with Crippen LogP contribution in [0.25, 0.3) is 0 Å². The zero-order chi connectivity index (χ0) is 14.0. The number of nitrogens with zero attached hydrogens (tertiary/aromatic N) is 3. The second kappa shape index (κ2) is 6.06. The van der Waals surface area contributed by atoms with Crippen molar-refractivity contribution >= 4 is 0 Å². The molecule has 0 aromatic carbocycles. The highest BCUT2D eigenvalue weighted by Crippen LogP contribution is 2.30. The minimum Gasteiger partial charge on any atom is -0.330 e. The Bertz CT molecular complexity index is 416. The molecular formula is C15H28N4. The summed E-state index contributed by atoms with van der Waals surface area (Å²) in [5.74, 6) is 0.726. The van der Waals surface area contributed by atoms with Gasteiger partial charge in [-0.05, 0) is 66.1 Å². The predicted octanol–water partition coefficient (Wildman–Crippen LogP) is 2.25. The minimum absolute atomic E-state index is 0.471. The van der Waals surface area contributed by atoms with Crippen LogP contribution in [0.5, 0.6) is 0 Å². The summed E-state index contributed by atoms with van der Waals surface area (Å²) in [5.41, 5.74) is 9.71. The SMILES string of the molecule is CCn1nc(C)c(C(C)N2CCC(CN)CC2)c1C. The Morgan fingerprint density at radius 2 is 1.95 bits per heavy atom. The van der Waals surface area contributed by atoms with E-state index in [4.69, 9.17) is 5.73 Å². The summed E-state index contributed by atoms with van der Waals surface area (Å²) < 4.78 is 2.12. The molecule has 1 aromatic rings. The maximum atomic E-state index is 5.77. The summed E-state index contributed by atoms with van der Waals surface area (Å²) in [5, 5.41) is 4.65. The monoisotopic (exact) mass is 264 g/mol. The van der Waals surface area contributed by atoms with Crippen molar-refractivity contribution in [2.75, 3.05) is 19.6 Å². The summed E-state index contributed by atoms with van der Waals surface area (Å²) in [4.78, 5) is 2.59. The fourth-order valence-corrected chi connectivity index (χ4v) is 3.38. The van der Waals surface area contributed by atoms with Crippen molar-refractivity contribution in [3.8, 4) is 0 Å². The molecule has 1 aliphatic heterocycles. The Hall–Kier alpha value is -0.870. The van der Waals surface area contributed by atoms with Crippen molar-refractivity contribution in [3.63, 3.8) is 0 Å². The topological polar surface area (TPSA) is 47.1 Å². The molecule has 2 rings (SSSR count). The lowest BCUT2D eigenvalue weighted by atomic mass is 9.94. The number of aryl methyl sites for hydroxylation is 2. The van der Waals surface area contributed by atoms with Gasteiger partial charge in [0.25, 0.3) is 0 Å². The van der Waals surface area contributed by atoms with E-state index in [0.29, 0.717) is 6.04 Å². The van der Waals surface area contributed by atoms with E-state index in [-0.39, 0.29) is 0 Å². The van der Waals surface area contributed by atoms with Gasteiger partial charge in [-0.3, -0.25) is 9.58 Å². The van der Waals surface area contributed by atoms with Crippen molar-refractivity contribution < 1.29 is 0 Å². The third kappa shape index (κ3) is 2.84. The molecule has 1 aliphatic rings. The van der Waals surface area contributed by atoms with E-state index in [1.165, 1.54) is 42.9 Å². The first-order chi connectivity index (χ1) is 9.08. The largest absolute Gasteiger partial charge is 0.330 e. The van der Waals surface area contributed by atoms with Crippen LogP contribution in [-0.4, -0.2) is 34.3 Å². The Morgan fingerprint density at radius 1 is 1.32 bits per heavy atom. The van der Waals surface area contributed by atoms with Gasteiger partial charge in [-0.1, -0.05) is 0 Å². The van der Waals surface area contributed by atoms with Gasteiger partial charge in [-0.25, -0.2) is 0 Å². The zero-order valence-corrected chi connectivity index (χ0v) is 12.8. The van der Waals surface area contributed by atoms with Crippen LogP contribution in [0.2, 0.25) is 0 Å². The molecule has 0 spiro atoms. The Labute approximate surface area is 117 Å². The van der Waals surface area contributed by atoms with Gasteiger partial charge in [0.05, 0.1) is 5.69 Å². The van der Waals surface area contributed by atoms with Crippen molar-refractivity contribution in [2.24, 2.45) is 11.7 Å². The normalized spacial score (nSPS) is 19.8. The highest BCUT2D eigenvalue weighted by Gasteiger charge is 2.26. The molecular weight excluding hydrogens is 236 g/mol. The average Bonchev–Trinajstić information content (AvgIpc) is 2.72. The van der Waals surface area contributed by atoms with Gasteiger partial charge in [-0.15, -0.1) is 0 Å². The van der Waals surface area contributed by atoms with Crippen LogP contribution in [0, 0.1) is 19.8 Å². The van der Waals surface area contributed by atoms with Gasteiger partial charge in [0, 0.05) is 23.8 Å². The van der Waals surface area contributed by atoms with E-state index in [0.717, 1.165) is 19.0 Å². The average molecular weight is 264 g/mol. The first kappa shape index (κ1) is 14.5. The highest BCUT2D eigenvalue weighted by molar-refractivity contribution is 5.28. The summed E-state index contributed by atoms with van der Waals surface area (Å²) in [6.07, 6.45) is 2.47. The van der Waals surface area contributed by atoms with Gasteiger partial charge in [-0.2, -0.15) is 5.10 Å². The first-order valence-corrected chi connectivity index (χ1v) is 7.56. The molecule has 4 nitrogen and oxygen atoms in total. The van der Waals surface area contributed by atoms with Gasteiger partial charge in [0.1, 0.15) is 0 Å². The molecule has 0 radical (unpaired) electrons. The molecule has 0 aliphatic carbocycles. The summed E-state index contributed by atoms with van der Waals surface area (Å²) in [7, 11) is 0. The fraction of sp³-hybridized carbons (Fsp3) is 0.800. The molecule has 19 heavy (non-hydrogen) atoms. The van der Waals surface area contributed by atoms with E-state index in [9.17, 15) is 0 Å². The standard InChI is InChI=1S/C15H28N4/c1-5-19-13(4)15(11(2)17-19)12(3)18-8-6-14(10-16)7-9-18/h12,14H,5-10,16H2,1-4H3. The van der Waals surface area contributed by atoms with Crippen LogP contribution in [0.4, 0.5) is 0 Å². The van der Waals surface area contributed by atoms with Crippen LogP contribution in [0.1, 0.15) is 49.7 Å². The lowest BCUT2D eigenvalue weighted by Gasteiger charge is -2.36. The van der Waals surface area contributed by atoms with E-state index in [1.54, 1.807) is 0 Å². The molecule has 4 heteroatoms. The number of likely N-dealkylation sites (tertiary alicyclic amines) is 1. The number of nitrogens with two attached hydrogens (primary N) is 1. The lowest BCUT2D eigenvalue weighted by molar-refractivity contribution is 0.143. The first-order valence-electron chi connectivity index (χ1n) is 7.56. The van der Waals surface area contributed by atoms with Crippen LogP contribution in [0.3, 0.4) is 0 Å². The van der Waals surface area contributed by atoms with Crippen molar-refractivity contribution in [3.05, 3.63) is 17.0 Å². The number of aromatic nitrogens is 2. The second-order valence-electron chi connectivity index (χ2n) is 5.79. The molecule has 1 saturated heterocycles. The van der Waals surface area contributed by atoms with E-state index < -0.39 is 0 Å². The third-order valence-corrected chi connectivity index (χ3v) is 4.68. The number of piperidine rings is 1. The van der Waals surface area contributed by atoms with Crippen LogP contribution in [-0.2, 0) is 6.54 Å². The number of rotatable bonds is 4. The molecule has 1 unspecified atom stereocenters. The lowest BCUT2D eigenvalue weighted by Crippen LogP contribution is -2.37. The molecule has 0 amide bonds. The molecule has 2 N–H and O–H groups in total. The van der Waals surface area contributed by atoms with Crippen LogP contribution >= 0.6 is 0 Å². The van der Waals surface area contributed by atoms with Crippen molar-refractivity contribution in [1.82, 2.24) is 14.7 Å². The van der Waals surface area contributed by atoms with Crippen LogP contribution in [0.15, 0.2) is 0 Å². The quantitative estimate of drug-likeness (QED) is 0.907. The molecule has 1 atom stereocenters. The highest BCUT2D eigenvalue weighted by atomic mass is 15.3. The molecule has 108 valence electrons. The Morgan fingerprint density at radius 3 is 2.42 bits per heavy atom. The molecule has 1 fully saturated rings. The molecule has 1 aromatic heterocycles. The maximum absolute atomic E-state index is 5.77. The summed E-state index contributed by atoms with van der Waals surface area (Å²) in [6, 6.07) is 0.471. The van der Waals surface area contributed by atoms with Crippen LogP contribution < -0.4 is 5.73 Å². The molecule has 2 heterocycles. The number of hydrogen-bond acceptors (Lipinski definition) is 3. The van der Waals surface area contributed by atoms with Gasteiger partial charge in [0.15, 0.2) is 0 Å². The van der Waals surface area contributed by atoms with Gasteiger partial charge >= 0.3 is 0 Å². The van der Waals surface area contributed by atoms with Crippen molar-refractivity contribution in [2.45, 2.75) is 53.1 Å².